The first-order chi connectivity index (χ1) is 16.9. The van der Waals surface area contributed by atoms with E-state index in [1.807, 2.05) is 0 Å². The lowest BCUT2D eigenvalue weighted by Crippen LogP contribution is -2.35. The lowest BCUT2D eigenvalue weighted by molar-refractivity contribution is -0.0276. The Labute approximate surface area is 202 Å². The van der Waals surface area contributed by atoms with E-state index in [0.717, 1.165) is 25.9 Å². The maximum atomic E-state index is 15.1. The van der Waals surface area contributed by atoms with Crippen LogP contribution in [0.3, 0.4) is 0 Å². The number of unbranched alkanes of at least 4 members (excludes halogenated alkanes) is 1. The average Bonchev–Trinajstić information content (AvgIpc) is 3.25. The second-order valence-electron chi connectivity index (χ2n) is 8.68. The smallest absolute Gasteiger partial charge is 0.404 e. The molecule has 3 N–H and O–H groups in total. The first kappa shape index (κ1) is 24.6. The highest BCUT2D eigenvalue weighted by Gasteiger charge is 2.28. The topological polar surface area (TPSA) is 90.5 Å². The van der Waals surface area contributed by atoms with E-state index < -0.39 is 18.0 Å². The lowest BCUT2D eigenvalue weighted by atomic mass is 10.0. The Bertz CT molecular complexity index is 1240. The van der Waals surface area contributed by atoms with Crippen LogP contribution in [0.2, 0.25) is 0 Å². The number of nitrogens with one attached hydrogen (secondary N) is 2. The van der Waals surface area contributed by atoms with E-state index in [0.29, 0.717) is 47.4 Å². The third-order valence-electron chi connectivity index (χ3n) is 5.97. The fourth-order valence-electron chi connectivity index (χ4n) is 4.08. The van der Waals surface area contributed by atoms with Crippen molar-refractivity contribution in [3.63, 3.8) is 0 Å². The largest absolute Gasteiger partial charge is 0.465 e. The van der Waals surface area contributed by atoms with Crippen molar-refractivity contribution >= 4 is 17.1 Å². The van der Waals surface area contributed by atoms with Gasteiger partial charge in [0.05, 0.1) is 17.1 Å². The van der Waals surface area contributed by atoms with E-state index in [1.54, 1.807) is 18.2 Å². The number of rotatable bonds is 7. The van der Waals surface area contributed by atoms with Crippen molar-refractivity contribution in [3.8, 4) is 11.8 Å². The molecule has 0 bridgehead atoms. The van der Waals surface area contributed by atoms with Crippen LogP contribution in [0, 0.1) is 23.5 Å². The van der Waals surface area contributed by atoms with Gasteiger partial charge in [0.1, 0.15) is 23.6 Å². The zero-order valence-corrected chi connectivity index (χ0v) is 19.5. The molecule has 3 aromatic rings. The minimum absolute atomic E-state index is 0.0722. The van der Waals surface area contributed by atoms with Crippen molar-refractivity contribution in [2.24, 2.45) is 0 Å². The SMILES string of the molecule is CN1CCC(OC(c2nc3ccc(F)cc3[nH]2)c2cc(C#CCCCNC(=O)O)ccc2F)CC1. The van der Waals surface area contributed by atoms with Gasteiger partial charge in [-0.25, -0.2) is 18.6 Å². The molecule has 2 aromatic carbocycles. The summed E-state index contributed by atoms with van der Waals surface area (Å²) in [4.78, 5) is 20.4. The Morgan fingerprint density at radius 1 is 1.29 bits per heavy atom. The number of ether oxygens (including phenoxy) is 1. The number of amides is 1. The molecule has 35 heavy (non-hydrogen) atoms. The number of likely N-dealkylation sites (tertiary alicyclic amines) is 1. The Morgan fingerprint density at radius 2 is 2.09 bits per heavy atom. The van der Waals surface area contributed by atoms with Gasteiger partial charge in [-0.05, 0) is 62.7 Å². The fraction of sp³-hybridized carbons (Fsp3) is 0.385. The average molecular weight is 483 g/mol. The maximum Gasteiger partial charge on any atom is 0.404 e. The van der Waals surface area contributed by atoms with Crippen molar-refractivity contribution in [1.29, 1.82) is 0 Å². The molecule has 184 valence electrons. The number of carbonyl (C=O) groups is 1. The number of imidazole rings is 1. The molecule has 9 heteroatoms. The third-order valence-corrected chi connectivity index (χ3v) is 5.97. The van der Waals surface area contributed by atoms with E-state index in [2.05, 4.69) is 39.1 Å². The predicted molar refractivity (Wildman–Crippen MR) is 128 cm³/mol. The molecule has 0 spiro atoms. The first-order valence-corrected chi connectivity index (χ1v) is 11.6. The summed E-state index contributed by atoms with van der Waals surface area (Å²) in [6, 6.07) is 8.89. The second kappa shape index (κ2) is 11.3. The molecule has 1 amide bonds. The van der Waals surface area contributed by atoms with Crippen LogP contribution < -0.4 is 5.32 Å². The number of hydrogen-bond acceptors (Lipinski definition) is 4. The van der Waals surface area contributed by atoms with Crippen molar-refractivity contribution in [2.45, 2.75) is 37.9 Å². The van der Waals surface area contributed by atoms with Crippen LogP contribution in [0.25, 0.3) is 11.0 Å². The zero-order valence-electron chi connectivity index (χ0n) is 19.5. The van der Waals surface area contributed by atoms with E-state index in [1.165, 1.54) is 18.2 Å². The summed E-state index contributed by atoms with van der Waals surface area (Å²) >= 11 is 0. The molecule has 0 saturated carbocycles. The van der Waals surface area contributed by atoms with E-state index >= 15 is 4.39 Å². The molecular formula is C26H28F2N4O3. The summed E-state index contributed by atoms with van der Waals surface area (Å²) in [7, 11) is 2.06. The van der Waals surface area contributed by atoms with Crippen LogP contribution in [0.5, 0.6) is 0 Å². The highest BCUT2D eigenvalue weighted by molar-refractivity contribution is 5.75. The summed E-state index contributed by atoms with van der Waals surface area (Å²) in [6.45, 7) is 2.08. The van der Waals surface area contributed by atoms with Gasteiger partial charge in [0.15, 0.2) is 0 Å². The third kappa shape index (κ3) is 6.56. The van der Waals surface area contributed by atoms with Crippen molar-refractivity contribution in [2.75, 3.05) is 26.7 Å². The highest BCUT2D eigenvalue weighted by atomic mass is 19.1. The standard InChI is InChI=1S/C26H28F2N4O3/c1-32-13-10-19(11-14-32)35-24(25-30-22-9-7-18(27)16-23(22)31-25)20-15-17(6-8-21(20)28)5-3-2-4-12-29-26(33)34/h6-9,15-16,19,24,29H,2,4,10-14H2,1H3,(H,30,31)(H,33,34). The molecule has 0 radical (unpaired) electrons. The van der Waals surface area contributed by atoms with Crippen LogP contribution in [0.15, 0.2) is 36.4 Å². The van der Waals surface area contributed by atoms with Gasteiger partial charge in [-0.2, -0.15) is 0 Å². The number of hydrogen-bond donors (Lipinski definition) is 3. The van der Waals surface area contributed by atoms with Crippen molar-refractivity contribution < 1.29 is 23.4 Å². The maximum absolute atomic E-state index is 15.1. The molecule has 4 rings (SSSR count). The van der Waals surface area contributed by atoms with Crippen LogP contribution in [-0.4, -0.2) is 58.9 Å². The molecule has 1 fully saturated rings. The Hall–Kier alpha value is -3.48. The quantitative estimate of drug-likeness (QED) is 0.342. The summed E-state index contributed by atoms with van der Waals surface area (Å²) in [6.07, 6.45) is 0.755. The predicted octanol–water partition coefficient (Wildman–Crippen LogP) is 4.44. The number of aromatic amines is 1. The molecule has 1 aliphatic rings. The van der Waals surface area contributed by atoms with Crippen LogP contribution in [0.4, 0.5) is 13.6 Å². The minimum atomic E-state index is -1.06. The summed E-state index contributed by atoms with van der Waals surface area (Å²) < 4.78 is 35.3. The van der Waals surface area contributed by atoms with Gasteiger partial charge in [-0.3, -0.25) is 0 Å². The molecule has 0 aliphatic carbocycles. The molecule has 1 aliphatic heterocycles. The second-order valence-corrected chi connectivity index (χ2v) is 8.68. The van der Waals surface area contributed by atoms with Gasteiger partial charge in [-0.1, -0.05) is 11.8 Å². The first-order valence-electron chi connectivity index (χ1n) is 11.6. The zero-order chi connectivity index (χ0) is 24.8. The Balaban J connectivity index is 1.60. The molecule has 1 unspecified atom stereocenters. The summed E-state index contributed by atoms with van der Waals surface area (Å²) in [5.74, 6) is 5.60. The summed E-state index contributed by atoms with van der Waals surface area (Å²) in [5, 5.41) is 10.9. The lowest BCUT2D eigenvalue weighted by Gasteiger charge is -2.31. The van der Waals surface area contributed by atoms with Gasteiger partial charge >= 0.3 is 6.09 Å². The molecule has 1 saturated heterocycles. The Morgan fingerprint density at radius 3 is 2.86 bits per heavy atom. The van der Waals surface area contributed by atoms with Crippen LogP contribution >= 0.6 is 0 Å². The van der Waals surface area contributed by atoms with Gasteiger partial charge in [0, 0.05) is 37.2 Å². The van der Waals surface area contributed by atoms with Gasteiger partial charge in [0.25, 0.3) is 0 Å². The van der Waals surface area contributed by atoms with E-state index in [9.17, 15) is 9.18 Å². The van der Waals surface area contributed by atoms with Crippen molar-refractivity contribution in [1.82, 2.24) is 20.2 Å². The number of nitrogens with zero attached hydrogens (tertiary/aromatic N) is 2. The molecule has 7 nitrogen and oxygen atoms in total. The highest BCUT2D eigenvalue weighted by Crippen LogP contribution is 2.32. The normalized spacial score (nSPS) is 15.5. The number of fused-ring (bicyclic) bond motifs is 1. The monoisotopic (exact) mass is 482 g/mol. The van der Waals surface area contributed by atoms with E-state index in [4.69, 9.17) is 9.84 Å². The van der Waals surface area contributed by atoms with Gasteiger partial charge in [0.2, 0.25) is 0 Å². The van der Waals surface area contributed by atoms with Crippen LogP contribution in [-0.2, 0) is 4.74 Å². The number of piperidine rings is 1. The number of H-pyrrole nitrogens is 1. The Kier molecular flexibility index (Phi) is 7.95. The van der Waals surface area contributed by atoms with Gasteiger partial charge in [-0.15, -0.1) is 0 Å². The molecular weight excluding hydrogens is 454 g/mol. The summed E-state index contributed by atoms with van der Waals surface area (Å²) in [5.41, 5.74) is 2.02. The van der Waals surface area contributed by atoms with Crippen LogP contribution in [0.1, 0.15) is 48.7 Å². The fourth-order valence-corrected chi connectivity index (χ4v) is 4.08. The number of carboxylic acid groups (broad SMARTS) is 1. The molecule has 1 aromatic heterocycles. The molecule has 1 atom stereocenters. The van der Waals surface area contributed by atoms with E-state index in [-0.39, 0.29) is 11.9 Å². The number of benzene rings is 2. The number of aromatic nitrogens is 2. The van der Waals surface area contributed by atoms with Gasteiger partial charge < -0.3 is 25.0 Å². The molecule has 2 heterocycles. The van der Waals surface area contributed by atoms with Crippen molar-refractivity contribution in [3.05, 3.63) is 65.0 Å². The number of halogens is 2. The minimum Gasteiger partial charge on any atom is -0.465 e.